The lowest BCUT2D eigenvalue weighted by Gasteiger charge is -2.27. The molecule has 1 aliphatic carbocycles. The standard InChI is InChI=1S/C15H27NO4/c1-11(2)10-20-9-5-8-16-14(17)12-6-3-4-7-13(12)15(18)19/h11-13H,3-10H2,1-2H3,(H,16,17)(H,18,19). The summed E-state index contributed by atoms with van der Waals surface area (Å²) in [7, 11) is 0. The van der Waals surface area contributed by atoms with E-state index in [0.717, 1.165) is 25.9 Å². The van der Waals surface area contributed by atoms with Gasteiger partial charge in [0.15, 0.2) is 0 Å². The lowest BCUT2D eigenvalue weighted by Crippen LogP contribution is -2.40. The molecule has 2 unspecified atom stereocenters. The van der Waals surface area contributed by atoms with Crippen molar-refractivity contribution < 1.29 is 19.4 Å². The minimum atomic E-state index is -0.842. The van der Waals surface area contributed by atoms with Gasteiger partial charge < -0.3 is 15.2 Å². The smallest absolute Gasteiger partial charge is 0.307 e. The summed E-state index contributed by atoms with van der Waals surface area (Å²) in [6, 6.07) is 0. The number of aliphatic carboxylic acids is 1. The van der Waals surface area contributed by atoms with E-state index in [9.17, 15) is 9.59 Å². The summed E-state index contributed by atoms with van der Waals surface area (Å²) in [4.78, 5) is 23.2. The van der Waals surface area contributed by atoms with Crippen LogP contribution in [-0.4, -0.2) is 36.7 Å². The summed E-state index contributed by atoms with van der Waals surface area (Å²) in [5, 5.41) is 12.0. The number of nitrogens with one attached hydrogen (secondary N) is 1. The van der Waals surface area contributed by atoms with Gasteiger partial charge in [-0.1, -0.05) is 26.7 Å². The van der Waals surface area contributed by atoms with Crippen LogP contribution < -0.4 is 5.32 Å². The quantitative estimate of drug-likeness (QED) is 0.669. The molecule has 1 amide bonds. The van der Waals surface area contributed by atoms with Crippen molar-refractivity contribution >= 4 is 11.9 Å². The van der Waals surface area contributed by atoms with E-state index in [4.69, 9.17) is 9.84 Å². The topological polar surface area (TPSA) is 75.6 Å². The molecule has 0 aromatic rings. The van der Waals surface area contributed by atoms with E-state index in [0.29, 0.717) is 31.9 Å². The Morgan fingerprint density at radius 2 is 1.90 bits per heavy atom. The van der Waals surface area contributed by atoms with Crippen LogP contribution in [0.5, 0.6) is 0 Å². The predicted molar refractivity (Wildman–Crippen MR) is 76.4 cm³/mol. The van der Waals surface area contributed by atoms with Crippen molar-refractivity contribution in [1.82, 2.24) is 5.32 Å². The number of rotatable bonds is 8. The Morgan fingerprint density at radius 1 is 1.25 bits per heavy atom. The average Bonchev–Trinajstić information content (AvgIpc) is 2.42. The van der Waals surface area contributed by atoms with Gasteiger partial charge in [0.25, 0.3) is 0 Å². The number of carbonyl (C=O) groups is 2. The highest BCUT2D eigenvalue weighted by atomic mass is 16.5. The second-order valence-corrected chi connectivity index (χ2v) is 5.95. The van der Waals surface area contributed by atoms with Crippen molar-refractivity contribution in [3.05, 3.63) is 0 Å². The number of hydrogen-bond acceptors (Lipinski definition) is 3. The number of carbonyl (C=O) groups excluding carboxylic acids is 1. The van der Waals surface area contributed by atoms with Gasteiger partial charge >= 0.3 is 5.97 Å². The molecule has 2 atom stereocenters. The maximum atomic E-state index is 12.0. The summed E-state index contributed by atoms with van der Waals surface area (Å²) in [6.45, 7) is 6.11. The van der Waals surface area contributed by atoms with Crippen LogP contribution in [0.4, 0.5) is 0 Å². The van der Waals surface area contributed by atoms with E-state index >= 15 is 0 Å². The summed E-state index contributed by atoms with van der Waals surface area (Å²) in [5.41, 5.74) is 0. The van der Waals surface area contributed by atoms with Gasteiger partial charge in [-0.2, -0.15) is 0 Å². The van der Waals surface area contributed by atoms with Crippen molar-refractivity contribution in [3.63, 3.8) is 0 Å². The first-order chi connectivity index (χ1) is 9.52. The van der Waals surface area contributed by atoms with Crippen LogP contribution in [0, 0.1) is 17.8 Å². The van der Waals surface area contributed by atoms with Crippen molar-refractivity contribution in [2.45, 2.75) is 46.0 Å². The van der Waals surface area contributed by atoms with Crippen LogP contribution in [0.2, 0.25) is 0 Å². The maximum Gasteiger partial charge on any atom is 0.307 e. The van der Waals surface area contributed by atoms with E-state index in [1.54, 1.807) is 0 Å². The van der Waals surface area contributed by atoms with Crippen molar-refractivity contribution in [3.8, 4) is 0 Å². The fourth-order valence-electron chi connectivity index (χ4n) is 2.58. The normalized spacial score (nSPS) is 22.8. The number of ether oxygens (including phenoxy) is 1. The summed E-state index contributed by atoms with van der Waals surface area (Å²) in [6.07, 6.45) is 3.92. The van der Waals surface area contributed by atoms with Crippen LogP contribution in [0.15, 0.2) is 0 Å². The van der Waals surface area contributed by atoms with Crippen LogP contribution >= 0.6 is 0 Å². The zero-order valence-electron chi connectivity index (χ0n) is 12.6. The molecule has 0 saturated heterocycles. The van der Waals surface area contributed by atoms with Gasteiger partial charge in [-0.05, 0) is 25.2 Å². The number of carboxylic acids is 1. The van der Waals surface area contributed by atoms with Crippen molar-refractivity contribution in [1.29, 1.82) is 0 Å². The Kier molecular flexibility index (Phi) is 7.59. The molecule has 0 aliphatic heterocycles. The van der Waals surface area contributed by atoms with Crippen LogP contribution in [0.1, 0.15) is 46.0 Å². The Hall–Kier alpha value is -1.10. The van der Waals surface area contributed by atoms with E-state index in [-0.39, 0.29) is 11.8 Å². The van der Waals surface area contributed by atoms with Gasteiger partial charge in [-0.25, -0.2) is 0 Å². The largest absolute Gasteiger partial charge is 0.481 e. The third-order valence-corrected chi connectivity index (χ3v) is 3.64. The molecule has 1 rings (SSSR count). The zero-order valence-corrected chi connectivity index (χ0v) is 12.6. The van der Waals surface area contributed by atoms with E-state index < -0.39 is 11.9 Å². The Bertz CT molecular complexity index is 317. The molecule has 5 nitrogen and oxygen atoms in total. The van der Waals surface area contributed by atoms with Gasteiger partial charge in [0.1, 0.15) is 0 Å². The second-order valence-electron chi connectivity index (χ2n) is 5.95. The molecule has 0 heterocycles. The lowest BCUT2D eigenvalue weighted by atomic mass is 9.79. The molecular formula is C15H27NO4. The fraction of sp³-hybridized carbons (Fsp3) is 0.867. The van der Waals surface area contributed by atoms with Gasteiger partial charge in [-0.15, -0.1) is 0 Å². The first kappa shape index (κ1) is 17.0. The Morgan fingerprint density at radius 3 is 2.50 bits per heavy atom. The van der Waals surface area contributed by atoms with Crippen molar-refractivity contribution in [2.75, 3.05) is 19.8 Å². The number of amides is 1. The molecule has 2 N–H and O–H groups in total. The summed E-state index contributed by atoms with van der Waals surface area (Å²) < 4.78 is 5.44. The first-order valence-electron chi connectivity index (χ1n) is 7.60. The fourth-order valence-corrected chi connectivity index (χ4v) is 2.58. The molecule has 0 aromatic carbocycles. The number of hydrogen-bond donors (Lipinski definition) is 2. The molecule has 0 aromatic heterocycles. The minimum absolute atomic E-state index is 0.110. The van der Waals surface area contributed by atoms with E-state index in [2.05, 4.69) is 19.2 Å². The third-order valence-electron chi connectivity index (χ3n) is 3.64. The zero-order chi connectivity index (χ0) is 15.0. The summed E-state index contributed by atoms with van der Waals surface area (Å²) >= 11 is 0. The van der Waals surface area contributed by atoms with Gasteiger partial charge in [0.2, 0.25) is 5.91 Å². The Balaban J connectivity index is 2.22. The molecule has 0 bridgehead atoms. The third kappa shape index (κ3) is 5.90. The highest BCUT2D eigenvalue weighted by molar-refractivity contribution is 5.84. The highest BCUT2D eigenvalue weighted by Gasteiger charge is 2.35. The van der Waals surface area contributed by atoms with Crippen LogP contribution in [0.25, 0.3) is 0 Å². The van der Waals surface area contributed by atoms with Crippen LogP contribution in [0.3, 0.4) is 0 Å². The predicted octanol–water partition coefficient (Wildman–Crippen LogP) is 2.06. The van der Waals surface area contributed by atoms with Gasteiger partial charge in [-0.3, -0.25) is 9.59 Å². The molecule has 0 spiro atoms. The molecule has 0 radical (unpaired) electrons. The molecular weight excluding hydrogens is 258 g/mol. The van der Waals surface area contributed by atoms with E-state index in [1.165, 1.54) is 0 Å². The van der Waals surface area contributed by atoms with E-state index in [1.807, 2.05) is 0 Å². The Labute approximate surface area is 121 Å². The second kappa shape index (κ2) is 8.95. The first-order valence-corrected chi connectivity index (χ1v) is 7.60. The molecule has 1 fully saturated rings. The molecule has 1 saturated carbocycles. The summed E-state index contributed by atoms with van der Waals surface area (Å²) in [5.74, 6) is -1.31. The number of carboxylic acid groups (broad SMARTS) is 1. The molecule has 1 aliphatic rings. The molecule has 20 heavy (non-hydrogen) atoms. The minimum Gasteiger partial charge on any atom is -0.481 e. The maximum absolute atomic E-state index is 12.0. The van der Waals surface area contributed by atoms with Gasteiger partial charge in [0.05, 0.1) is 11.8 Å². The lowest BCUT2D eigenvalue weighted by molar-refractivity contribution is -0.148. The van der Waals surface area contributed by atoms with Gasteiger partial charge in [0, 0.05) is 19.8 Å². The average molecular weight is 285 g/mol. The monoisotopic (exact) mass is 285 g/mol. The molecule has 5 heteroatoms. The van der Waals surface area contributed by atoms with Crippen molar-refractivity contribution in [2.24, 2.45) is 17.8 Å². The highest BCUT2D eigenvalue weighted by Crippen LogP contribution is 2.30. The van der Waals surface area contributed by atoms with Crippen LogP contribution in [-0.2, 0) is 14.3 Å². The molecule has 116 valence electrons. The SMILES string of the molecule is CC(C)COCCCNC(=O)C1CCCCC1C(=O)O.